The van der Waals surface area contributed by atoms with Gasteiger partial charge in [-0.3, -0.25) is 4.79 Å². The summed E-state index contributed by atoms with van der Waals surface area (Å²) < 4.78 is 0. The monoisotopic (exact) mass is 280 g/mol. The predicted molar refractivity (Wildman–Crippen MR) is 78.4 cm³/mol. The molecule has 1 rings (SSSR count). The van der Waals surface area contributed by atoms with Gasteiger partial charge in [0.25, 0.3) is 5.91 Å². The smallest absolute Gasteiger partial charge is 0.264 e. The number of carbonyl (C=O) groups excluding carboxylic acids is 1. The van der Waals surface area contributed by atoms with Crippen LogP contribution in [0.3, 0.4) is 0 Å². The third-order valence-corrected chi connectivity index (χ3v) is 3.45. The number of rotatable bonds is 5. The maximum atomic E-state index is 12.3. The van der Waals surface area contributed by atoms with Gasteiger partial charge in [-0.25, -0.2) is 0 Å². The first-order valence-corrected chi connectivity index (χ1v) is 7.01. The summed E-state index contributed by atoms with van der Waals surface area (Å²) in [5.74, 6) is 5.79. The average molecular weight is 280 g/mol. The molecule has 1 heterocycles. The van der Waals surface area contributed by atoms with Crippen molar-refractivity contribution < 1.29 is 9.90 Å². The minimum Gasteiger partial charge on any atom is -0.395 e. The lowest BCUT2D eigenvalue weighted by Crippen LogP contribution is -2.33. The van der Waals surface area contributed by atoms with Crippen molar-refractivity contribution in [1.82, 2.24) is 9.80 Å². The molecule has 1 N–H and O–H groups in total. The van der Waals surface area contributed by atoms with Gasteiger partial charge in [0.1, 0.15) is 4.88 Å². The van der Waals surface area contributed by atoms with Crippen molar-refractivity contribution in [2.75, 3.05) is 40.8 Å². The SMILES string of the molecule is CN(C)CCN(C)C(=O)c1sccc1C#CCCO. The Bertz CT molecular complexity index is 471. The van der Waals surface area contributed by atoms with Crippen LogP contribution in [0, 0.1) is 11.8 Å². The van der Waals surface area contributed by atoms with Gasteiger partial charge in [-0.1, -0.05) is 11.8 Å². The van der Waals surface area contributed by atoms with E-state index in [0.717, 1.165) is 12.1 Å². The third-order valence-electron chi connectivity index (χ3n) is 2.55. The molecule has 1 amide bonds. The van der Waals surface area contributed by atoms with Crippen LogP contribution in [-0.2, 0) is 0 Å². The van der Waals surface area contributed by atoms with Gasteiger partial charge in [0.15, 0.2) is 0 Å². The number of carbonyl (C=O) groups is 1. The van der Waals surface area contributed by atoms with Gasteiger partial charge in [0, 0.05) is 32.1 Å². The summed E-state index contributed by atoms with van der Waals surface area (Å²) in [6.45, 7) is 1.57. The molecule has 0 saturated carbocycles. The van der Waals surface area contributed by atoms with E-state index >= 15 is 0 Å². The Labute approximate surface area is 118 Å². The van der Waals surface area contributed by atoms with E-state index in [1.165, 1.54) is 11.3 Å². The maximum absolute atomic E-state index is 12.3. The molecule has 0 radical (unpaired) electrons. The number of aliphatic hydroxyl groups excluding tert-OH is 1. The highest BCUT2D eigenvalue weighted by Crippen LogP contribution is 2.17. The lowest BCUT2D eigenvalue weighted by Gasteiger charge is -2.19. The molecule has 1 aromatic rings. The molecule has 0 aromatic carbocycles. The van der Waals surface area contributed by atoms with Crippen molar-refractivity contribution in [3.05, 3.63) is 21.9 Å². The molecule has 0 fully saturated rings. The van der Waals surface area contributed by atoms with Crippen LogP contribution in [0.1, 0.15) is 21.7 Å². The van der Waals surface area contributed by atoms with Crippen LogP contribution in [0.2, 0.25) is 0 Å². The summed E-state index contributed by atoms with van der Waals surface area (Å²) in [6.07, 6.45) is 0.431. The highest BCUT2D eigenvalue weighted by atomic mass is 32.1. The second-order valence-electron chi connectivity index (χ2n) is 4.47. The fourth-order valence-electron chi connectivity index (χ4n) is 1.41. The van der Waals surface area contributed by atoms with Gasteiger partial charge in [-0.2, -0.15) is 0 Å². The summed E-state index contributed by atoms with van der Waals surface area (Å²) in [5.41, 5.74) is 0.750. The standard InChI is InChI=1S/C14H20N2O2S/c1-15(2)8-9-16(3)14(18)13-12(7-11-19-13)6-4-5-10-17/h7,11,17H,5,8-10H2,1-3H3. The average Bonchev–Trinajstić information content (AvgIpc) is 2.83. The normalized spacial score (nSPS) is 10.2. The van der Waals surface area contributed by atoms with Crippen LogP contribution >= 0.6 is 11.3 Å². The lowest BCUT2D eigenvalue weighted by molar-refractivity contribution is 0.0791. The predicted octanol–water partition coefficient (Wildman–Crippen LogP) is 1.12. The molecule has 0 unspecified atom stereocenters. The van der Waals surface area contributed by atoms with Crippen LogP contribution in [0.4, 0.5) is 0 Å². The van der Waals surface area contributed by atoms with E-state index < -0.39 is 0 Å². The number of amides is 1. The second kappa shape index (κ2) is 7.95. The Hall–Kier alpha value is -1.35. The molecule has 1 aromatic heterocycles. The first-order valence-electron chi connectivity index (χ1n) is 6.13. The first-order chi connectivity index (χ1) is 9.06. The van der Waals surface area contributed by atoms with Crippen molar-refractivity contribution >= 4 is 17.2 Å². The number of thiophene rings is 1. The van der Waals surface area contributed by atoms with E-state index in [1.807, 2.05) is 30.4 Å². The Morgan fingerprint density at radius 1 is 1.37 bits per heavy atom. The fraction of sp³-hybridized carbons (Fsp3) is 0.500. The zero-order chi connectivity index (χ0) is 14.3. The zero-order valence-electron chi connectivity index (χ0n) is 11.6. The number of hydrogen-bond donors (Lipinski definition) is 1. The van der Waals surface area contributed by atoms with Crippen LogP contribution < -0.4 is 0 Å². The van der Waals surface area contributed by atoms with E-state index in [-0.39, 0.29) is 12.5 Å². The quantitative estimate of drug-likeness (QED) is 0.822. The van der Waals surface area contributed by atoms with Gasteiger partial charge in [0.2, 0.25) is 0 Å². The molecule has 0 atom stereocenters. The Morgan fingerprint density at radius 3 is 2.74 bits per heavy atom. The minimum atomic E-state index is 0.00477. The fourth-order valence-corrected chi connectivity index (χ4v) is 2.25. The summed E-state index contributed by atoms with van der Waals surface area (Å²) in [5, 5.41) is 10.6. The summed E-state index contributed by atoms with van der Waals surface area (Å²) in [7, 11) is 5.76. The summed E-state index contributed by atoms with van der Waals surface area (Å²) >= 11 is 1.41. The van der Waals surface area contributed by atoms with Crippen LogP contribution in [0.5, 0.6) is 0 Å². The number of nitrogens with zero attached hydrogens (tertiary/aromatic N) is 2. The molecule has 4 nitrogen and oxygen atoms in total. The lowest BCUT2D eigenvalue weighted by atomic mass is 10.2. The highest BCUT2D eigenvalue weighted by Gasteiger charge is 2.16. The second-order valence-corrected chi connectivity index (χ2v) is 5.38. The minimum absolute atomic E-state index is 0.00477. The van der Waals surface area contributed by atoms with Crippen LogP contribution in [-0.4, -0.2) is 61.7 Å². The van der Waals surface area contributed by atoms with Crippen LogP contribution in [0.25, 0.3) is 0 Å². The van der Waals surface area contributed by atoms with Crippen molar-refractivity contribution in [2.24, 2.45) is 0 Å². The first kappa shape index (κ1) is 15.7. The summed E-state index contributed by atoms with van der Waals surface area (Å²) in [4.78, 5) is 16.7. The molecule has 19 heavy (non-hydrogen) atoms. The highest BCUT2D eigenvalue weighted by molar-refractivity contribution is 7.12. The topological polar surface area (TPSA) is 43.8 Å². The van der Waals surface area contributed by atoms with Gasteiger partial charge >= 0.3 is 0 Å². The van der Waals surface area contributed by atoms with E-state index in [1.54, 1.807) is 11.9 Å². The third kappa shape index (κ3) is 5.03. The molecule has 0 saturated heterocycles. The van der Waals surface area contributed by atoms with E-state index in [0.29, 0.717) is 17.8 Å². The Balaban J connectivity index is 2.72. The molecule has 0 aliphatic carbocycles. The summed E-state index contributed by atoms with van der Waals surface area (Å²) in [6, 6.07) is 1.85. The van der Waals surface area contributed by atoms with Crippen molar-refractivity contribution in [2.45, 2.75) is 6.42 Å². The number of likely N-dealkylation sites (N-methyl/N-ethyl adjacent to an activating group) is 2. The van der Waals surface area contributed by atoms with Gasteiger partial charge in [-0.15, -0.1) is 11.3 Å². The largest absolute Gasteiger partial charge is 0.395 e. The molecular formula is C14H20N2O2S. The number of hydrogen-bond acceptors (Lipinski definition) is 4. The molecule has 104 valence electrons. The van der Waals surface area contributed by atoms with Crippen LogP contribution in [0.15, 0.2) is 11.4 Å². The van der Waals surface area contributed by atoms with Gasteiger partial charge in [-0.05, 0) is 25.5 Å². The van der Waals surface area contributed by atoms with Crippen molar-refractivity contribution in [3.8, 4) is 11.8 Å². The molecular weight excluding hydrogens is 260 g/mol. The van der Waals surface area contributed by atoms with E-state index in [2.05, 4.69) is 11.8 Å². The van der Waals surface area contributed by atoms with E-state index in [4.69, 9.17) is 5.11 Å². The van der Waals surface area contributed by atoms with Crippen molar-refractivity contribution in [1.29, 1.82) is 0 Å². The van der Waals surface area contributed by atoms with Crippen molar-refractivity contribution in [3.63, 3.8) is 0 Å². The number of aliphatic hydroxyl groups is 1. The molecule has 0 bridgehead atoms. The zero-order valence-corrected chi connectivity index (χ0v) is 12.5. The molecule has 0 spiro atoms. The van der Waals surface area contributed by atoms with E-state index in [9.17, 15) is 4.79 Å². The molecule has 0 aliphatic rings. The van der Waals surface area contributed by atoms with Gasteiger partial charge < -0.3 is 14.9 Å². The maximum Gasteiger partial charge on any atom is 0.264 e. The van der Waals surface area contributed by atoms with Gasteiger partial charge in [0.05, 0.1) is 6.61 Å². The Kier molecular flexibility index (Phi) is 6.57. The Morgan fingerprint density at radius 2 is 2.11 bits per heavy atom. The molecule has 0 aliphatic heterocycles. The molecule has 5 heteroatoms.